The van der Waals surface area contributed by atoms with Crippen LogP contribution in [0.4, 0.5) is 0 Å². The Hall–Kier alpha value is -1.84. The van der Waals surface area contributed by atoms with Crippen LogP contribution in [0.15, 0.2) is 30.5 Å². The fraction of sp³-hybridized carbons (Fsp3) is 0.529. The molecule has 0 aliphatic carbocycles. The predicted molar refractivity (Wildman–Crippen MR) is 84.6 cm³/mol. The van der Waals surface area contributed by atoms with Crippen molar-refractivity contribution in [3.8, 4) is 5.75 Å². The zero-order valence-corrected chi connectivity index (χ0v) is 13.1. The molecular formula is C17H25N3O. The third-order valence-corrected chi connectivity index (χ3v) is 3.52. The van der Waals surface area contributed by atoms with Crippen molar-refractivity contribution in [2.24, 2.45) is 0 Å². The van der Waals surface area contributed by atoms with Gasteiger partial charge < -0.3 is 4.74 Å². The van der Waals surface area contributed by atoms with E-state index in [4.69, 9.17) is 4.74 Å². The van der Waals surface area contributed by atoms with Gasteiger partial charge in [0.15, 0.2) is 0 Å². The summed E-state index contributed by atoms with van der Waals surface area (Å²) in [5.74, 6) is 0.965. The number of nitrogens with zero attached hydrogens (tertiary/aromatic N) is 3. The first-order valence-corrected chi connectivity index (χ1v) is 7.92. The maximum absolute atomic E-state index is 5.72. The average molecular weight is 287 g/mol. The normalized spacial score (nSPS) is 10.8. The molecule has 21 heavy (non-hydrogen) atoms. The second-order valence-corrected chi connectivity index (χ2v) is 5.27. The van der Waals surface area contributed by atoms with E-state index in [0.717, 1.165) is 43.9 Å². The van der Waals surface area contributed by atoms with Gasteiger partial charge >= 0.3 is 0 Å². The van der Waals surface area contributed by atoms with Crippen LogP contribution in [0.2, 0.25) is 0 Å². The molecule has 2 aromatic rings. The molecule has 0 radical (unpaired) electrons. The lowest BCUT2D eigenvalue weighted by Crippen LogP contribution is -1.97. The summed E-state index contributed by atoms with van der Waals surface area (Å²) in [5.41, 5.74) is 2.36. The molecule has 1 aromatic heterocycles. The van der Waals surface area contributed by atoms with E-state index in [1.807, 2.05) is 10.9 Å². The van der Waals surface area contributed by atoms with Gasteiger partial charge in [-0.3, -0.25) is 4.68 Å². The van der Waals surface area contributed by atoms with Crippen LogP contribution in [0.3, 0.4) is 0 Å². The smallest absolute Gasteiger partial charge is 0.119 e. The Bertz CT molecular complexity index is 519. The van der Waals surface area contributed by atoms with E-state index < -0.39 is 0 Å². The highest BCUT2D eigenvalue weighted by Crippen LogP contribution is 2.14. The minimum absolute atomic E-state index is 0.813. The first kappa shape index (κ1) is 15.5. The Morgan fingerprint density at radius 3 is 2.52 bits per heavy atom. The maximum Gasteiger partial charge on any atom is 0.119 e. The van der Waals surface area contributed by atoms with Crippen LogP contribution in [0.5, 0.6) is 5.75 Å². The van der Waals surface area contributed by atoms with Gasteiger partial charge in [0.1, 0.15) is 5.75 Å². The molecule has 0 unspecified atom stereocenters. The van der Waals surface area contributed by atoms with Crippen LogP contribution in [0.1, 0.15) is 44.4 Å². The van der Waals surface area contributed by atoms with Crippen LogP contribution < -0.4 is 4.74 Å². The number of rotatable bonds is 9. The van der Waals surface area contributed by atoms with Gasteiger partial charge in [0.2, 0.25) is 0 Å². The molecule has 114 valence electrons. The largest absolute Gasteiger partial charge is 0.494 e. The molecule has 1 aromatic carbocycles. The fourth-order valence-corrected chi connectivity index (χ4v) is 2.17. The van der Waals surface area contributed by atoms with Crippen molar-refractivity contribution in [1.29, 1.82) is 0 Å². The monoisotopic (exact) mass is 287 g/mol. The highest BCUT2D eigenvalue weighted by atomic mass is 16.5. The second-order valence-electron chi connectivity index (χ2n) is 5.27. The summed E-state index contributed by atoms with van der Waals surface area (Å²) in [5, 5.41) is 8.22. The summed E-state index contributed by atoms with van der Waals surface area (Å²) in [4.78, 5) is 0. The van der Waals surface area contributed by atoms with E-state index in [2.05, 4.69) is 48.4 Å². The molecule has 0 saturated heterocycles. The lowest BCUT2D eigenvalue weighted by Gasteiger charge is -2.06. The summed E-state index contributed by atoms with van der Waals surface area (Å²) in [6.07, 6.45) is 7.52. The standard InChI is InChI=1S/C17H25N3O/c1-3-5-6-13-21-17-11-8-15(9-12-17)7-10-16-14-20(4-2)19-18-16/h8-9,11-12,14H,3-7,10,13H2,1-2H3. The van der Waals surface area contributed by atoms with Gasteiger partial charge in [-0.2, -0.15) is 0 Å². The van der Waals surface area contributed by atoms with Crippen molar-refractivity contribution in [2.75, 3.05) is 6.61 Å². The van der Waals surface area contributed by atoms with E-state index in [1.165, 1.54) is 18.4 Å². The number of benzene rings is 1. The van der Waals surface area contributed by atoms with E-state index in [9.17, 15) is 0 Å². The number of aromatic nitrogens is 3. The van der Waals surface area contributed by atoms with Gasteiger partial charge in [0.05, 0.1) is 12.3 Å². The SMILES string of the molecule is CCCCCOc1ccc(CCc2cn(CC)nn2)cc1. The Kier molecular flexibility index (Phi) is 6.25. The number of unbranched alkanes of at least 4 members (excludes halogenated alkanes) is 2. The molecule has 0 atom stereocenters. The molecule has 4 heteroatoms. The lowest BCUT2D eigenvalue weighted by atomic mass is 10.1. The van der Waals surface area contributed by atoms with E-state index in [0.29, 0.717) is 0 Å². The van der Waals surface area contributed by atoms with Crippen LogP contribution in [-0.2, 0) is 19.4 Å². The van der Waals surface area contributed by atoms with Crippen molar-refractivity contribution in [3.63, 3.8) is 0 Å². The second kappa shape index (κ2) is 8.45. The maximum atomic E-state index is 5.72. The van der Waals surface area contributed by atoms with Gasteiger partial charge in [-0.15, -0.1) is 5.10 Å². The predicted octanol–water partition coefficient (Wildman–Crippen LogP) is 3.65. The summed E-state index contributed by atoms with van der Waals surface area (Å²) in [7, 11) is 0. The fourth-order valence-electron chi connectivity index (χ4n) is 2.17. The first-order chi connectivity index (χ1) is 10.3. The third-order valence-electron chi connectivity index (χ3n) is 3.52. The Morgan fingerprint density at radius 2 is 1.86 bits per heavy atom. The summed E-state index contributed by atoms with van der Waals surface area (Å²) in [6.45, 7) is 5.95. The number of ether oxygens (including phenoxy) is 1. The number of hydrogen-bond donors (Lipinski definition) is 0. The molecule has 4 nitrogen and oxygen atoms in total. The topological polar surface area (TPSA) is 39.9 Å². The quantitative estimate of drug-likeness (QED) is 0.661. The van der Waals surface area contributed by atoms with Gasteiger partial charge in [0.25, 0.3) is 0 Å². The van der Waals surface area contributed by atoms with E-state index in [1.54, 1.807) is 0 Å². The molecule has 0 spiro atoms. The molecule has 0 aliphatic heterocycles. The number of hydrogen-bond acceptors (Lipinski definition) is 3. The van der Waals surface area contributed by atoms with Crippen molar-refractivity contribution >= 4 is 0 Å². The van der Waals surface area contributed by atoms with Crippen molar-refractivity contribution in [1.82, 2.24) is 15.0 Å². The molecule has 1 heterocycles. The molecule has 0 bridgehead atoms. The van der Waals surface area contributed by atoms with Gasteiger partial charge in [-0.1, -0.05) is 37.1 Å². The van der Waals surface area contributed by atoms with E-state index >= 15 is 0 Å². The van der Waals surface area contributed by atoms with Crippen LogP contribution in [-0.4, -0.2) is 21.6 Å². The van der Waals surface area contributed by atoms with E-state index in [-0.39, 0.29) is 0 Å². The molecular weight excluding hydrogens is 262 g/mol. The van der Waals surface area contributed by atoms with Gasteiger partial charge in [-0.05, 0) is 43.9 Å². The third kappa shape index (κ3) is 5.21. The highest BCUT2D eigenvalue weighted by Gasteiger charge is 2.01. The van der Waals surface area contributed by atoms with Crippen LogP contribution >= 0.6 is 0 Å². The van der Waals surface area contributed by atoms with Gasteiger partial charge in [-0.25, -0.2) is 0 Å². The minimum Gasteiger partial charge on any atom is -0.494 e. The van der Waals surface area contributed by atoms with Gasteiger partial charge in [0, 0.05) is 12.7 Å². The lowest BCUT2D eigenvalue weighted by molar-refractivity contribution is 0.306. The highest BCUT2D eigenvalue weighted by molar-refractivity contribution is 5.27. The zero-order valence-electron chi connectivity index (χ0n) is 13.1. The average Bonchev–Trinajstić information content (AvgIpc) is 2.99. The first-order valence-electron chi connectivity index (χ1n) is 7.92. The van der Waals surface area contributed by atoms with Crippen LogP contribution in [0.25, 0.3) is 0 Å². The summed E-state index contributed by atoms with van der Waals surface area (Å²) in [6, 6.07) is 8.40. The summed E-state index contributed by atoms with van der Waals surface area (Å²) >= 11 is 0. The molecule has 0 aliphatic rings. The molecule has 0 N–H and O–H groups in total. The molecule has 0 fully saturated rings. The van der Waals surface area contributed by atoms with Crippen LogP contribution in [0, 0.1) is 0 Å². The van der Waals surface area contributed by atoms with Crippen molar-refractivity contribution in [2.45, 2.75) is 52.5 Å². The van der Waals surface area contributed by atoms with Crippen molar-refractivity contribution < 1.29 is 4.74 Å². The number of aryl methyl sites for hydroxylation is 3. The Balaban J connectivity index is 1.76. The minimum atomic E-state index is 0.813. The Labute approximate surface area is 127 Å². The molecule has 0 amide bonds. The Morgan fingerprint density at radius 1 is 1.05 bits per heavy atom. The summed E-state index contributed by atoms with van der Waals surface area (Å²) < 4.78 is 7.58. The molecule has 0 saturated carbocycles. The zero-order chi connectivity index (χ0) is 14.9. The molecule has 2 rings (SSSR count). The van der Waals surface area contributed by atoms with Crippen molar-refractivity contribution in [3.05, 3.63) is 41.7 Å².